The van der Waals surface area contributed by atoms with E-state index in [-0.39, 0.29) is 17.4 Å². The van der Waals surface area contributed by atoms with Crippen LogP contribution in [0.3, 0.4) is 0 Å². The van der Waals surface area contributed by atoms with Crippen molar-refractivity contribution < 1.29 is 22.7 Å². The van der Waals surface area contributed by atoms with E-state index in [0.717, 1.165) is 23.1 Å². The molecule has 198 valence electrons. The lowest BCUT2D eigenvalue weighted by Crippen LogP contribution is -2.30. The van der Waals surface area contributed by atoms with Crippen LogP contribution in [0.4, 0.5) is 19.0 Å². The van der Waals surface area contributed by atoms with Crippen LogP contribution in [0.25, 0.3) is 17.1 Å². The molecule has 0 bridgehead atoms. The summed E-state index contributed by atoms with van der Waals surface area (Å²) in [6.45, 7) is 2.00. The van der Waals surface area contributed by atoms with E-state index >= 15 is 0 Å². The third-order valence-corrected chi connectivity index (χ3v) is 6.49. The average Bonchev–Trinajstić information content (AvgIpc) is 3.56. The number of halogens is 3. The first kappa shape index (κ1) is 26.1. The Morgan fingerprint density at radius 3 is 2.56 bits per heavy atom. The molecule has 1 fully saturated rings. The van der Waals surface area contributed by atoms with Gasteiger partial charge in [0.05, 0.1) is 17.7 Å². The molecule has 4 aromatic rings. The van der Waals surface area contributed by atoms with Crippen LogP contribution in [0.1, 0.15) is 18.1 Å². The number of carbonyl (C=O) groups excluding carboxylic acids is 1. The van der Waals surface area contributed by atoms with Gasteiger partial charge in [0.2, 0.25) is 5.91 Å². The molecule has 1 amide bonds. The molecule has 1 aliphatic rings. The summed E-state index contributed by atoms with van der Waals surface area (Å²) in [5.41, 5.74) is 2.99. The molecule has 9 nitrogen and oxygen atoms in total. The standard InChI is InChI=1S/C26H20F3N7O2S/c1-2-18-4-3-13-30-24(18)36-22(37)15-39-25(36)33-32-14-17-5-7-19(8-6-17)23-31-16-35(34-23)20-9-11-21(12-10-20)38-26(27,28)29/h3-14,16H,2,15H2,1H3. The number of thioether (sulfide) groups is 1. The zero-order chi connectivity index (χ0) is 27.4. The van der Waals surface area contributed by atoms with E-state index in [1.165, 1.54) is 51.9 Å². The van der Waals surface area contributed by atoms with Gasteiger partial charge in [-0.15, -0.1) is 23.4 Å². The van der Waals surface area contributed by atoms with Gasteiger partial charge in [-0.1, -0.05) is 49.0 Å². The Hall–Kier alpha value is -4.52. The zero-order valence-corrected chi connectivity index (χ0v) is 21.2. The summed E-state index contributed by atoms with van der Waals surface area (Å²) in [5.74, 6) is 0.874. The number of ether oxygens (including phenoxy) is 1. The number of pyridine rings is 1. The van der Waals surface area contributed by atoms with E-state index in [4.69, 9.17) is 0 Å². The molecule has 5 rings (SSSR count). The Morgan fingerprint density at radius 1 is 1.08 bits per heavy atom. The van der Waals surface area contributed by atoms with Gasteiger partial charge in [-0.3, -0.25) is 4.79 Å². The largest absolute Gasteiger partial charge is 0.573 e. The average molecular weight is 552 g/mol. The molecule has 0 aliphatic carbocycles. The Kier molecular flexibility index (Phi) is 7.41. The topological polar surface area (TPSA) is 97.9 Å². The first-order chi connectivity index (χ1) is 18.8. The number of amidine groups is 1. The quantitative estimate of drug-likeness (QED) is 0.230. The van der Waals surface area contributed by atoms with Gasteiger partial charge in [0.15, 0.2) is 11.0 Å². The summed E-state index contributed by atoms with van der Waals surface area (Å²) in [5, 5.41) is 13.3. The molecule has 0 unspecified atom stereocenters. The number of hydrogen-bond acceptors (Lipinski definition) is 8. The van der Waals surface area contributed by atoms with Crippen molar-refractivity contribution in [3.05, 3.63) is 84.3 Å². The number of aromatic nitrogens is 4. The number of carbonyl (C=O) groups is 1. The predicted molar refractivity (Wildman–Crippen MR) is 142 cm³/mol. The summed E-state index contributed by atoms with van der Waals surface area (Å²) in [7, 11) is 0. The molecule has 2 aromatic heterocycles. The number of benzene rings is 2. The molecule has 39 heavy (non-hydrogen) atoms. The van der Waals surface area contributed by atoms with Crippen LogP contribution in [-0.4, -0.2) is 49.2 Å². The number of anilines is 1. The Labute approximate surface area is 225 Å². The summed E-state index contributed by atoms with van der Waals surface area (Å²) < 4.78 is 42.4. The summed E-state index contributed by atoms with van der Waals surface area (Å²) in [4.78, 5) is 22.7. The van der Waals surface area contributed by atoms with Gasteiger partial charge >= 0.3 is 6.36 Å². The molecule has 13 heteroatoms. The minimum Gasteiger partial charge on any atom is -0.406 e. The van der Waals surface area contributed by atoms with Crippen molar-refractivity contribution in [3.63, 3.8) is 0 Å². The highest BCUT2D eigenvalue weighted by atomic mass is 32.2. The third kappa shape index (κ3) is 6.14. The SMILES string of the molecule is CCc1cccnc1N1C(=O)CSC1=NN=Cc1ccc(-c2ncn(-c3ccc(OC(F)(F)F)cc3)n2)cc1. The second-order valence-corrected chi connectivity index (χ2v) is 9.10. The number of rotatable bonds is 7. The van der Waals surface area contributed by atoms with Gasteiger partial charge < -0.3 is 4.74 Å². The van der Waals surface area contributed by atoms with Gasteiger partial charge in [-0.2, -0.15) is 5.10 Å². The molecule has 0 saturated carbocycles. The third-order valence-electron chi connectivity index (χ3n) is 5.57. The van der Waals surface area contributed by atoms with Crippen molar-refractivity contribution in [1.29, 1.82) is 0 Å². The van der Waals surface area contributed by atoms with Crippen LogP contribution in [0.5, 0.6) is 5.75 Å². The van der Waals surface area contributed by atoms with Crippen molar-refractivity contribution in [1.82, 2.24) is 19.7 Å². The van der Waals surface area contributed by atoms with Crippen molar-refractivity contribution >= 4 is 34.9 Å². The number of alkyl halides is 3. The van der Waals surface area contributed by atoms with Crippen molar-refractivity contribution in [2.45, 2.75) is 19.7 Å². The predicted octanol–water partition coefficient (Wildman–Crippen LogP) is 5.26. The fraction of sp³-hybridized carbons (Fsp3) is 0.154. The number of aryl methyl sites for hydroxylation is 1. The lowest BCUT2D eigenvalue weighted by atomic mass is 10.1. The summed E-state index contributed by atoms with van der Waals surface area (Å²) >= 11 is 1.31. The van der Waals surface area contributed by atoms with E-state index in [0.29, 0.717) is 22.5 Å². The molecule has 0 atom stereocenters. The molecule has 0 radical (unpaired) electrons. The maximum absolute atomic E-state index is 12.5. The van der Waals surface area contributed by atoms with Crippen LogP contribution in [-0.2, 0) is 11.2 Å². The fourth-order valence-electron chi connectivity index (χ4n) is 3.74. The lowest BCUT2D eigenvalue weighted by molar-refractivity contribution is -0.274. The van der Waals surface area contributed by atoms with Crippen LogP contribution >= 0.6 is 11.8 Å². The maximum atomic E-state index is 12.5. The highest BCUT2D eigenvalue weighted by Gasteiger charge is 2.32. The molecule has 0 N–H and O–H groups in total. The van der Waals surface area contributed by atoms with E-state index in [9.17, 15) is 18.0 Å². The zero-order valence-electron chi connectivity index (χ0n) is 20.4. The number of amides is 1. The summed E-state index contributed by atoms with van der Waals surface area (Å²) in [6, 6.07) is 16.4. The molecular formula is C26H20F3N7O2S. The molecular weight excluding hydrogens is 531 g/mol. The van der Waals surface area contributed by atoms with E-state index < -0.39 is 6.36 Å². The minimum absolute atomic E-state index is 0.0933. The fourth-order valence-corrected chi connectivity index (χ4v) is 4.54. The number of nitrogens with zero attached hydrogens (tertiary/aromatic N) is 7. The van der Waals surface area contributed by atoms with Crippen molar-refractivity contribution in [2.75, 3.05) is 10.7 Å². The molecule has 1 aliphatic heterocycles. The van der Waals surface area contributed by atoms with Gasteiger partial charge in [-0.25, -0.2) is 19.5 Å². The Bertz CT molecular complexity index is 1530. The monoisotopic (exact) mass is 551 g/mol. The smallest absolute Gasteiger partial charge is 0.406 e. The molecule has 1 saturated heterocycles. The Morgan fingerprint density at radius 2 is 1.85 bits per heavy atom. The normalized spacial score (nSPS) is 15.0. The Balaban J connectivity index is 1.27. The molecule has 2 aromatic carbocycles. The summed E-state index contributed by atoms with van der Waals surface area (Å²) in [6.07, 6.45) is 0.677. The highest BCUT2D eigenvalue weighted by molar-refractivity contribution is 8.15. The van der Waals surface area contributed by atoms with Gasteiger partial charge in [0, 0.05) is 11.8 Å². The minimum atomic E-state index is -4.75. The molecule has 3 heterocycles. The molecule has 0 spiro atoms. The van der Waals surface area contributed by atoms with Gasteiger partial charge in [0.1, 0.15) is 17.9 Å². The van der Waals surface area contributed by atoms with E-state index in [2.05, 4.69) is 30.0 Å². The van der Waals surface area contributed by atoms with E-state index in [1.807, 2.05) is 43.3 Å². The first-order valence-corrected chi connectivity index (χ1v) is 12.7. The van der Waals surface area contributed by atoms with Gasteiger partial charge in [0.25, 0.3) is 0 Å². The van der Waals surface area contributed by atoms with Crippen molar-refractivity contribution in [3.8, 4) is 22.8 Å². The van der Waals surface area contributed by atoms with Crippen LogP contribution < -0.4 is 9.64 Å². The van der Waals surface area contributed by atoms with Gasteiger partial charge in [-0.05, 0) is 47.9 Å². The number of hydrogen-bond donors (Lipinski definition) is 0. The van der Waals surface area contributed by atoms with E-state index in [1.54, 1.807) is 12.4 Å². The van der Waals surface area contributed by atoms with Crippen LogP contribution in [0, 0.1) is 0 Å². The lowest BCUT2D eigenvalue weighted by Gasteiger charge is -2.16. The van der Waals surface area contributed by atoms with Crippen molar-refractivity contribution in [2.24, 2.45) is 10.2 Å². The second-order valence-electron chi connectivity index (χ2n) is 8.16. The second kappa shape index (κ2) is 11.1. The van der Waals surface area contributed by atoms with Crippen LogP contribution in [0.15, 0.2) is 83.4 Å². The highest BCUT2D eigenvalue weighted by Crippen LogP contribution is 2.28. The first-order valence-electron chi connectivity index (χ1n) is 11.7. The van der Waals surface area contributed by atoms with Crippen LogP contribution in [0.2, 0.25) is 0 Å². The maximum Gasteiger partial charge on any atom is 0.573 e.